The molecule has 0 heterocycles. The zero-order chi connectivity index (χ0) is 17.8. The summed E-state index contributed by atoms with van der Waals surface area (Å²) in [5.41, 5.74) is 16.8. The lowest BCUT2D eigenvalue weighted by molar-refractivity contribution is 0.685. The average Bonchev–Trinajstić information content (AvgIpc) is 2.64. The van der Waals surface area contributed by atoms with Crippen LogP contribution in [0.1, 0.15) is 53.1 Å². The number of aryl methyl sites for hydroxylation is 3. The van der Waals surface area contributed by atoms with Gasteiger partial charge in [-0.25, -0.2) is 0 Å². The van der Waals surface area contributed by atoms with Gasteiger partial charge in [-0.3, -0.25) is 0 Å². The molecule has 2 aromatic rings. The van der Waals surface area contributed by atoms with Gasteiger partial charge in [0.15, 0.2) is 0 Å². The fourth-order valence-corrected chi connectivity index (χ4v) is 4.41. The Morgan fingerprint density at radius 1 is 1.04 bits per heavy atom. The Hall–Kier alpha value is -1.67. The highest BCUT2D eigenvalue weighted by Crippen LogP contribution is 2.27. The molecule has 0 aliphatic heterocycles. The van der Waals surface area contributed by atoms with E-state index in [0.29, 0.717) is 0 Å². The second-order valence-electron chi connectivity index (χ2n) is 7.18. The Morgan fingerprint density at radius 3 is 2.60 bits per heavy atom. The second-order valence-corrected chi connectivity index (χ2v) is 8.15. The zero-order valence-corrected chi connectivity index (χ0v) is 16.5. The summed E-state index contributed by atoms with van der Waals surface area (Å²) < 4.78 is 0. The van der Waals surface area contributed by atoms with Crippen LogP contribution >= 0.6 is 11.8 Å². The van der Waals surface area contributed by atoms with E-state index >= 15 is 0 Å². The molecule has 1 aliphatic carbocycles. The molecule has 132 valence electrons. The molecule has 0 radical (unpaired) electrons. The minimum atomic E-state index is 0.900. The van der Waals surface area contributed by atoms with Crippen LogP contribution in [0.5, 0.6) is 0 Å². The van der Waals surface area contributed by atoms with Gasteiger partial charge in [0.2, 0.25) is 0 Å². The molecule has 3 rings (SSSR count). The van der Waals surface area contributed by atoms with Gasteiger partial charge in [0.25, 0.3) is 0 Å². The van der Waals surface area contributed by atoms with Crippen molar-refractivity contribution in [2.24, 2.45) is 0 Å². The molecule has 25 heavy (non-hydrogen) atoms. The predicted octanol–water partition coefficient (Wildman–Crippen LogP) is 6.10. The summed E-state index contributed by atoms with van der Waals surface area (Å²) in [5.74, 6) is 1.10. The van der Waals surface area contributed by atoms with Crippen molar-refractivity contribution in [2.45, 2.75) is 52.9 Å². The molecular formula is C23H29NS. The van der Waals surface area contributed by atoms with Crippen LogP contribution in [0.3, 0.4) is 0 Å². The van der Waals surface area contributed by atoms with Crippen LogP contribution in [0.4, 0.5) is 5.69 Å². The highest BCUT2D eigenvalue weighted by molar-refractivity contribution is 8.02. The van der Waals surface area contributed by atoms with E-state index in [2.05, 4.69) is 50.4 Å². The molecule has 0 saturated heterocycles. The zero-order valence-electron chi connectivity index (χ0n) is 15.7. The first kappa shape index (κ1) is 18.1. The monoisotopic (exact) mass is 351 g/mol. The van der Waals surface area contributed by atoms with Crippen LogP contribution in [-0.2, 0) is 19.3 Å². The van der Waals surface area contributed by atoms with Crippen molar-refractivity contribution >= 4 is 23.0 Å². The molecule has 0 amide bonds. The highest BCUT2D eigenvalue weighted by atomic mass is 32.2. The lowest BCUT2D eigenvalue weighted by atomic mass is 9.89. The van der Waals surface area contributed by atoms with Crippen molar-refractivity contribution in [1.29, 1.82) is 0 Å². The Morgan fingerprint density at radius 2 is 1.80 bits per heavy atom. The summed E-state index contributed by atoms with van der Waals surface area (Å²) >= 11 is 1.91. The van der Waals surface area contributed by atoms with E-state index in [-0.39, 0.29) is 0 Å². The topological polar surface area (TPSA) is 26.0 Å². The Balaban J connectivity index is 1.60. The van der Waals surface area contributed by atoms with E-state index in [1.807, 2.05) is 17.8 Å². The summed E-state index contributed by atoms with van der Waals surface area (Å²) in [6.07, 6.45) is 6.29. The van der Waals surface area contributed by atoms with Gasteiger partial charge in [-0.15, -0.1) is 11.8 Å². The summed E-state index contributed by atoms with van der Waals surface area (Å²) in [5, 5.41) is 2.32. The lowest BCUT2D eigenvalue weighted by Gasteiger charge is -2.16. The number of allylic oxidation sites excluding steroid dienone is 1. The first-order chi connectivity index (χ1) is 12.1. The maximum atomic E-state index is 5.98. The maximum Gasteiger partial charge on any atom is 0.0346 e. The largest absolute Gasteiger partial charge is 0.399 e. The highest BCUT2D eigenvalue weighted by Gasteiger charge is 2.10. The van der Waals surface area contributed by atoms with E-state index in [0.717, 1.165) is 17.9 Å². The summed E-state index contributed by atoms with van der Waals surface area (Å²) in [4.78, 5) is 0. The number of hydrogen-bond donors (Lipinski definition) is 1. The minimum absolute atomic E-state index is 0.900. The molecule has 0 aromatic heterocycles. The SMILES string of the molecule is C/C(=C\SCCc1ccc(N)c(C)c1C)c1ccc2c(c1)CCCC2. The van der Waals surface area contributed by atoms with Crippen LogP contribution in [0.15, 0.2) is 35.7 Å². The number of hydrogen-bond acceptors (Lipinski definition) is 2. The molecular weight excluding hydrogens is 322 g/mol. The smallest absolute Gasteiger partial charge is 0.0346 e. The third kappa shape index (κ3) is 4.30. The number of thioether (sulfide) groups is 1. The Bertz CT molecular complexity index is 789. The molecule has 2 N–H and O–H groups in total. The van der Waals surface area contributed by atoms with Crippen molar-refractivity contribution in [2.75, 3.05) is 11.5 Å². The molecule has 2 aromatic carbocycles. The normalized spacial score (nSPS) is 14.4. The minimum Gasteiger partial charge on any atom is -0.399 e. The standard InChI is InChI=1S/C23H29NS/c1-16(21-9-8-20-6-4-5-7-22(20)14-21)15-25-13-12-19-10-11-23(24)18(3)17(19)2/h8-11,14-15H,4-7,12-13,24H2,1-3H3/b16-15+. The van der Waals surface area contributed by atoms with Crippen molar-refractivity contribution in [3.8, 4) is 0 Å². The third-order valence-electron chi connectivity index (χ3n) is 5.49. The van der Waals surface area contributed by atoms with E-state index in [4.69, 9.17) is 5.73 Å². The molecule has 0 unspecified atom stereocenters. The molecule has 1 aliphatic rings. The van der Waals surface area contributed by atoms with Gasteiger partial charge in [-0.1, -0.05) is 24.3 Å². The number of nitrogen functional groups attached to an aromatic ring is 1. The average molecular weight is 352 g/mol. The van der Waals surface area contributed by atoms with E-state index in [1.165, 1.54) is 53.5 Å². The van der Waals surface area contributed by atoms with Crippen molar-refractivity contribution in [3.63, 3.8) is 0 Å². The lowest BCUT2D eigenvalue weighted by Crippen LogP contribution is -2.02. The first-order valence-electron chi connectivity index (χ1n) is 9.31. The number of fused-ring (bicyclic) bond motifs is 1. The van der Waals surface area contributed by atoms with Gasteiger partial charge in [-0.2, -0.15) is 0 Å². The maximum absolute atomic E-state index is 5.98. The van der Waals surface area contributed by atoms with Crippen LogP contribution in [0.2, 0.25) is 0 Å². The van der Waals surface area contributed by atoms with Crippen LogP contribution < -0.4 is 5.73 Å². The van der Waals surface area contributed by atoms with Gasteiger partial charge in [0.1, 0.15) is 0 Å². The molecule has 0 bridgehead atoms. The van der Waals surface area contributed by atoms with E-state index in [9.17, 15) is 0 Å². The predicted molar refractivity (Wildman–Crippen MR) is 113 cm³/mol. The third-order valence-corrected chi connectivity index (χ3v) is 6.45. The fourth-order valence-electron chi connectivity index (χ4n) is 3.57. The quantitative estimate of drug-likeness (QED) is 0.520. The second kappa shape index (κ2) is 8.14. The molecule has 0 atom stereocenters. The molecule has 0 spiro atoms. The molecule has 1 nitrogen and oxygen atoms in total. The summed E-state index contributed by atoms with van der Waals surface area (Å²) in [7, 11) is 0. The first-order valence-corrected chi connectivity index (χ1v) is 10.4. The Labute approximate surface area is 156 Å². The van der Waals surface area contributed by atoms with E-state index < -0.39 is 0 Å². The molecule has 0 fully saturated rings. The molecule has 2 heteroatoms. The van der Waals surface area contributed by atoms with E-state index in [1.54, 1.807) is 11.1 Å². The van der Waals surface area contributed by atoms with Crippen LogP contribution in [0.25, 0.3) is 5.57 Å². The molecule has 0 saturated carbocycles. The van der Waals surface area contributed by atoms with Crippen molar-refractivity contribution in [3.05, 3.63) is 69.1 Å². The van der Waals surface area contributed by atoms with Gasteiger partial charge in [-0.05, 0) is 103 Å². The van der Waals surface area contributed by atoms with Gasteiger partial charge < -0.3 is 5.73 Å². The summed E-state index contributed by atoms with van der Waals surface area (Å²) in [6, 6.07) is 11.3. The van der Waals surface area contributed by atoms with Gasteiger partial charge in [0.05, 0.1) is 0 Å². The number of rotatable bonds is 5. The van der Waals surface area contributed by atoms with Crippen LogP contribution in [0, 0.1) is 13.8 Å². The summed E-state index contributed by atoms with van der Waals surface area (Å²) in [6.45, 7) is 6.53. The number of nitrogens with two attached hydrogens (primary N) is 1. The number of anilines is 1. The van der Waals surface area contributed by atoms with Gasteiger partial charge >= 0.3 is 0 Å². The van der Waals surface area contributed by atoms with Gasteiger partial charge in [0, 0.05) is 11.4 Å². The van der Waals surface area contributed by atoms with Crippen LogP contribution in [-0.4, -0.2) is 5.75 Å². The number of benzene rings is 2. The van der Waals surface area contributed by atoms with Crippen molar-refractivity contribution < 1.29 is 0 Å². The Kier molecular flexibility index (Phi) is 5.90. The van der Waals surface area contributed by atoms with Crippen molar-refractivity contribution in [1.82, 2.24) is 0 Å². The fraction of sp³-hybridized carbons (Fsp3) is 0.391.